The predicted molar refractivity (Wildman–Crippen MR) is 87.5 cm³/mol. The van der Waals surface area contributed by atoms with E-state index in [2.05, 4.69) is 10.3 Å². The van der Waals surface area contributed by atoms with Gasteiger partial charge in [-0.05, 0) is 29.8 Å². The molecular formula is C15H18N4O3S. The number of aromatic nitrogens is 1. The lowest BCUT2D eigenvalue weighted by Crippen LogP contribution is -2.24. The van der Waals surface area contributed by atoms with Crippen LogP contribution in [0.25, 0.3) is 0 Å². The second kappa shape index (κ2) is 6.76. The maximum absolute atomic E-state index is 12.1. The van der Waals surface area contributed by atoms with E-state index in [1.165, 1.54) is 12.1 Å². The van der Waals surface area contributed by atoms with Gasteiger partial charge < -0.3 is 10.2 Å². The Hall–Kier alpha value is -2.45. The fourth-order valence-corrected chi connectivity index (χ4v) is 2.38. The average Bonchev–Trinajstić information content (AvgIpc) is 2.52. The molecule has 0 saturated heterocycles. The number of carbonyl (C=O) groups excluding carboxylic acids is 1. The quantitative estimate of drug-likeness (QED) is 0.838. The zero-order chi connectivity index (χ0) is 17.0. The smallest absolute Gasteiger partial charge is 0.270 e. The van der Waals surface area contributed by atoms with Gasteiger partial charge in [0.1, 0.15) is 11.5 Å². The van der Waals surface area contributed by atoms with E-state index >= 15 is 0 Å². The van der Waals surface area contributed by atoms with Crippen LogP contribution < -0.4 is 15.4 Å². The third kappa shape index (κ3) is 4.51. The molecule has 122 valence electrons. The summed E-state index contributed by atoms with van der Waals surface area (Å²) >= 11 is 0. The SMILES string of the molecule is CN(C)c1cccc(C(=O)NCc2ccc(S(N)(=O)=O)cc2)n1. The van der Waals surface area contributed by atoms with Crippen LogP contribution in [-0.2, 0) is 16.6 Å². The van der Waals surface area contributed by atoms with Crippen molar-refractivity contribution in [3.63, 3.8) is 0 Å². The molecule has 23 heavy (non-hydrogen) atoms. The highest BCUT2D eigenvalue weighted by Gasteiger charge is 2.10. The van der Waals surface area contributed by atoms with E-state index in [4.69, 9.17) is 5.14 Å². The number of nitrogens with one attached hydrogen (secondary N) is 1. The van der Waals surface area contributed by atoms with E-state index in [-0.39, 0.29) is 17.3 Å². The summed E-state index contributed by atoms with van der Waals surface area (Å²) in [6, 6.07) is 11.2. The van der Waals surface area contributed by atoms with E-state index < -0.39 is 10.0 Å². The van der Waals surface area contributed by atoms with E-state index in [1.807, 2.05) is 25.1 Å². The molecule has 3 N–H and O–H groups in total. The average molecular weight is 334 g/mol. The molecule has 0 aliphatic carbocycles. The molecule has 1 aromatic carbocycles. The van der Waals surface area contributed by atoms with Crippen molar-refractivity contribution in [1.82, 2.24) is 10.3 Å². The van der Waals surface area contributed by atoms with Crippen molar-refractivity contribution in [2.45, 2.75) is 11.4 Å². The van der Waals surface area contributed by atoms with Crippen LogP contribution in [0, 0.1) is 0 Å². The number of nitrogens with zero attached hydrogens (tertiary/aromatic N) is 2. The summed E-state index contributed by atoms with van der Waals surface area (Å²) in [5.74, 6) is 0.388. The first-order valence-corrected chi connectivity index (χ1v) is 8.36. The van der Waals surface area contributed by atoms with Gasteiger partial charge in [-0.3, -0.25) is 4.79 Å². The van der Waals surface area contributed by atoms with E-state index in [0.29, 0.717) is 11.5 Å². The van der Waals surface area contributed by atoms with E-state index in [0.717, 1.165) is 5.56 Å². The minimum Gasteiger partial charge on any atom is -0.363 e. The molecule has 2 aromatic rings. The third-order valence-corrected chi connectivity index (χ3v) is 4.06. The lowest BCUT2D eigenvalue weighted by Gasteiger charge is -2.12. The number of amides is 1. The topological polar surface area (TPSA) is 105 Å². The summed E-state index contributed by atoms with van der Waals surface area (Å²) in [6.45, 7) is 0.262. The molecule has 1 aromatic heterocycles. The zero-order valence-electron chi connectivity index (χ0n) is 12.9. The van der Waals surface area contributed by atoms with E-state index in [9.17, 15) is 13.2 Å². The van der Waals surface area contributed by atoms with Crippen molar-refractivity contribution < 1.29 is 13.2 Å². The van der Waals surface area contributed by atoms with Crippen LogP contribution in [-0.4, -0.2) is 33.4 Å². The summed E-state index contributed by atoms with van der Waals surface area (Å²) in [5.41, 5.74) is 1.08. The Morgan fingerprint density at radius 1 is 1.17 bits per heavy atom. The first-order chi connectivity index (χ1) is 10.8. The Bertz CT molecular complexity index is 802. The van der Waals surface area contributed by atoms with Gasteiger partial charge in [0.25, 0.3) is 5.91 Å². The highest BCUT2D eigenvalue weighted by Crippen LogP contribution is 2.10. The summed E-state index contributed by atoms with van der Waals surface area (Å²) in [6.07, 6.45) is 0. The van der Waals surface area contributed by atoms with Crippen LogP contribution in [0.15, 0.2) is 47.4 Å². The minimum absolute atomic E-state index is 0.0351. The molecule has 0 spiro atoms. The number of hydrogen-bond acceptors (Lipinski definition) is 5. The maximum Gasteiger partial charge on any atom is 0.270 e. The van der Waals surface area contributed by atoms with Crippen molar-refractivity contribution in [3.05, 3.63) is 53.7 Å². The van der Waals surface area contributed by atoms with Crippen LogP contribution in [0.1, 0.15) is 16.1 Å². The fourth-order valence-electron chi connectivity index (χ4n) is 1.87. The van der Waals surface area contributed by atoms with Gasteiger partial charge in [-0.2, -0.15) is 0 Å². The molecular weight excluding hydrogens is 316 g/mol. The number of primary sulfonamides is 1. The molecule has 1 amide bonds. The monoisotopic (exact) mass is 334 g/mol. The maximum atomic E-state index is 12.1. The second-order valence-corrected chi connectivity index (χ2v) is 6.71. The lowest BCUT2D eigenvalue weighted by atomic mass is 10.2. The Balaban J connectivity index is 2.03. The number of carbonyl (C=O) groups is 1. The number of nitrogens with two attached hydrogens (primary N) is 1. The van der Waals surface area contributed by atoms with Gasteiger partial charge in [0, 0.05) is 20.6 Å². The van der Waals surface area contributed by atoms with Gasteiger partial charge in [-0.15, -0.1) is 0 Å². The number of benzene rings is 1. The molecule has 0 radical (unpaired) electrons. The van der Waals surface area contributed by atoms with E-state index in [1.54, 1.807) is 24.3 Å². The molecule has 1 heterocycles. The van der Waals surface area contributed by atoms with Crippen LogP contribution in [0.5, 0.6) is 0 Å². The summed E-state index contributed by atoms with van der Waals surface area (Å²) in [4.78, 5) is 18.2. The van der Waals surface area contributed by atoms with Gasteiger partial charge in [0.2, 0.25) is 10.0 Å². The number of pyridine rings is 1. The van der Waals surface area contributed by atoms with Gasteiger partial charge in [-0.25, -0.2) is 18.5 Å². The summed E-state index contributed by atoms with van der Waals surface area (Å²) in [7, 11) is -0.0201. The van der Waals surface area contributed by atoms with Crippen LogP contribution in [0.3, 0.4) is 0 Å². The van der Waals surface area contributed by atoms with Gasteiger partial charge in [0.15, 0.2) is 0 Å². The molecule has 0 saturated carbocycles. The van der Waals surface area contributed by atoms with Crippen LogP contribution in [0.2, 0.25) is 0 Å². The molecule has 8 heteroatoms. The first-order valence-electron chi connectivity index (χ1n) is 6.82. The largest absolute Gasteiger partial charge is 0.363 e. The van der Waals surface area contributed by atoms with Gasteiger partial charge in [0.05, 0.1) is 4.90 Å². The lowest BCUT2D eigenvalue weighted by molar-refractivity contribution is 0.0946. The van der Waals surface area contributed by atoms with Crippen LogP contribution in [0.4, 0.5) is 5.82 Å². The van der Waals surface area contributed by atoms with Crippen molar-refractivity contribution in [3.8, 4) is 0 Å². The van der Waals surface area contributed by atoms with Crippen LogP contribution >= 0.6 is 0 Å². The molecule has 0 aliphatic rings. The van der Waals surface area contributed by atoms with Gasteiger partial charge >= 0.3 is 0 Å². The summed E-state index contributed by atoms with van der Waals surface area (Å²) in [5, 5.41) is 7.77. The highest BCUT2D eigenvalue weighted by molar-refractivity contribution is 7.89. The van der Waals surface area contributed by atoms with Crippen molar-refractivity contribution in [2.75, 3.05) is 19.0 Å². The number of sulfonamides is 1. The third-order valence-electron chi connectivity index (χ3n) is 3.13. The van der Waals surface area contributed by atoms with Gasteiger partial charge in [-0.1, -0.05) is 18.2 Å². The van der Waals surface area contributed by atoms with Crippen molar-refractivity contribution >= 4 is 21.7 Å². The molecule has 0 unspecified atom stereocenters. The number of rotatable bonds is 5. The second-order valence-electron chi connectivity index (χ2n) is 5.15. The molecule has 0 atom stereocenters. The zero-order valence-corrected chi connectivity index (χ0v) is 13.7. The number of anilines is 1. The molecule has 0 aliphatic heterocycles. The molecule has 0 fully saturated rings. The Kier molecular flexibility index (Phi) is 4.97. The van der Waals surface area contributed by atoms with Crippen molar-refractivity contribution in [2.24, 2.45) is 5.14 Å². The summed E-state index contributed by atoms with van der Waals surface area (Å²) < 4.78 is 22.4. The highest BCUT2D eigenvalue weighted by atomic mass is 32.2. The standard InChI is InChI=1S/C15H18N4O3S/c1-19(2)14-5-3-4-13(18-14)15(20)17-10-11-6-8-12(9-7-11)23(16,21)22/h3-9H,10H2,1-2H3,(H,17,20)(H2,16,21,22). The molecule has 0 bridgehead atoms. The minimum atomic E-state index is -3.71. The molecule has 7 nitrogen and oxygen atoms in total. The van der Waals surface area contributed by atoms with Crippen molar-refractivity contribution in [1.29, 1.82) is 0 Å². The normalized spacial score (nSPS) is 11.1. The molecule has 2 rings (SSSR count). The Labute approximate surface area is 135 Å². The Morgan fingerprint density at radius 3 is 2.39 bits per heavy atom. The number of hydrogen-bond donors (Lipinski definition) is 2. The predicted octanol–water partition coefficient (Wildman–Crippen LogP) is 0.725. The fraction of sp³-hybridized carbons (Fsp3) is 0.200. The Morgan fingerprint density at radius 2 is 1.83 bits per heavy atom. The first kappa shape index (κ1) is 16.9.